The number of amides is 2. The number of aryl methyl sites for hydroxylation is 1. The van der Waals surface area contributed by atoms with E-state index in [0.717, 1.165) is 27.3 Å². The summed E-state index contributed by atoms with van der Waals surface area (Å²) >= 11 is 0. The predicted octanol–water partition coefficient (Wildman–Crippen LogP) is 4.22. The summed E-state index contributed by atoms with van der Waals surface area (Å²) in [5, 5.41) is 2.90. The molecule has 0 saturated carbocycles. The van der Waals surface area contributed by atoms with Crippen LogP contribution in [0.3, 0.4) is 0 Å². The number of hydrogen-bond donors (Lipinski definition) is 1. The van der Waals surface area contributed by atoms with Gasteiger partial charge in [-0.1, -0.05) is 57.2 Å². The molecule has 1 N–H and O–H groups in total. The standard InChI is InChI=1S/C27H39N3O4S/c1-8-25(27(32)28-20(4)5)29(17-23-12-10-9-11-21(23)6)26(31)18-30(35(7,33)34)24-15-13-22(14-16-24)19(2)3/h9-16,19-20,25H,8,17-18H2,1-7H3,(H,28,32)/t25-/m0/s1. The van der Waals surface area contributed by atoms with Crippen LogP contribution in [0.15, 0.2) is 48.5 Å². The molecule has 0 spiro atoms. The lowest BCUT2D eigenvalue weighted by molar-refractivity contribution is -0.140. The molecule has 7 nitrogen and oxygen atoms in total. The highest BCUT2D eigenvalue weighted by Crippen LogP contribution is 2.23. The van der Waals surface area contributed by atoms with E-state index in [0.29, 0.717) is 18.0 Å². The molecular weight excluding hydrogens is 462 g/mol. The largest absolute Gasteiger partial charge is 0.352 e. The summed E-state index contributed by atoms with van der Waals surface area (Å²) in [6.07, 6.45) is 1.49. The van der Waals surface area contributed by atoms with Crippen molar-refractivity contribution >= 4 is 27.5 Å². The Balaban J connectivity index is 2.45. The number of sulfonamides is 1. The molecule has 192 valence electrons. The van der Waals surface area contributed by atoms with Crippen molar-refractivity contribution in [2.75, 3.05) is 17.1 Å². The van der Waals surface area contributed by atoms with E-state index in [4.69, 9.17) is 0 Å². The Kier molecular flexibility index (Phi) is 9.89. The average molecular weight is 502 g/mol. The summed E-state index contributed by atoms with van der Waals surface area (Å²) in [7, 11) is -3.75. The number of nitrogens with one attached hydrogen (secondary N) is 1. The molecule has 0 aliphatic carbocycles. The molecule has 0 fully saturated rings. The monoisotopic (exact) mass is 501 g/mol. The fraction of sp³-hybridized carbons (Fsp3) is 0.481. The smallest absolute Gasteiger partial charge is 0.244 e. The average Bonchev–Trinajstić information content (AvgIpc) is 2.77. The normalized spacial score (nSPS) is 12.5. The van der Waals surface area contributed by atoms with Crippen molar-refractivity contribution in [3.8, 4) is 0 Å². The zero-order valence-electron chi connectivity index (χ0n) is 21.9. The maximum absolute atomic E-state index is 13.7. The first-order valence-corrected chi connectivity index (χ1v) is 13.9. The van der Waals surface area contributed by atoms with Gasteiger partial charge in [0.25, 0.3) is 0 Å². The van der Waals surface area contributed by atoms with Crippen LogP contribution in [0.2, 0.25) is 0 Å². The minimum atomic E-state index is -3.75. The quantitative estimate of drug-likeness (QED) is 0.500. The Labute approximate surface area is 210 Å². The third kappa shape index (κ3) is 7.82. The lowest BCUT2D eigenvalue weighted by Gasteiger charge is -2.33. The Hall–Kier alpha value is -2.87. The summed E-state index contributed by atoms with van der Waals surface area (Å²) < 4.78 is 26.5. The maximum Gasteiger partial charge on any atom is 0.244 e. The predicted molar refractivity (Wildman–Crippen MR) is 142 cm³/mol. The molecule has 8 heteroatoms. The van der Waals surface area contributed by atoms with Crippen LogP contribution in [-0.2, 0) is 26.2 Å². The molecule has 0 aromatic heterocycles. The van der Waals surface area contributed by atoms with Gasteiger partial charge in [0, 0.05) is 12.6 Å². The van der Waals surface area contributed by atoms with Crippen molar-refractivity contribution in [1.29, 1.82) is 0 Å². The van der Waals surface area contributed by atoms with Gasteiger partial charge >= 0.3 is 0 Å². The summed E-state index contributed by atoms with van der Waals surface area (Å²) in [6, 6.07) is 14.0. The van der Waals surface area contributed by atoms with Crippen LogP contribution in [0.1, 0.15) is 63.6 Å². The molecule has 2 aromatic rings. The van der Waals surface area contributed by atoms with E-state index in [1.807, 2.05) is 64.1 Å². The van der Waals surface area contributed by atoms with Gasteiger partial charge in [-0.15, -0.1) is 0 Å². The number of benzene rings is 2. The first-order chi connectivity index (χ1) is 16.3. The van der Waals surface area contributed by atoms with Gasteiger partial charge in [-0.3, -0.25) is 13.9 Å². The van der Waals surface area contributed by atoms with E-state index >= 15 is 0 Å². The Bertz CT molecular complexity index is 1110. The first-order valence-electron chi connectivity index (χ1n) is 12.1. The van der Waals surface area contributed by atoms with E-state index < -0.39 is 28.5 Å². The van der Waals surface area contributed by atoms with E-state index in [-0.39, 0.29) is 18.5 Å². The van der Waals surface area contributed by atoms with Crippen molar-refractivity contribution in [3.05, 3.63) is 65.2 Å². The molecule has 2 aromatic carbocycles. The van der Waals surface area contributed by atoms with E-state index in [1.54, 1.807) is 12.1 Å². The highest BCUT2D eigenvalue weighted by Gasteiger charge is 2.32. The topological polar surface area (TPSA) is 86.8 Å². The van der Waals surface area contributed by atoms with Crippen LogP contribution in [0.5, 0.6) is 0 Å². The van der Waals surface area contributed by atoms with Gasteiger partial charge in [0.05, 0.1) is 11.9 Å². The van der Waals surface area contributed by atoms with Crippen molar-refractivity contribution in [3.63, 3.8) is 0 Å². The summed E-state index contributed by atoms with van der Waals surface area (Å²) in [6.45, 7) is 11.5. The zero-order chi connectivity index (χ0) is 26.3. The SMILES string of the molecule is CC[C@@H](C(=O)NC(C)C)N(Cc1ccccc1C)C(=O)CN(c1ccc(C(C)C)cc1)S(C)(=O)=O. The lowest BCUT2D eigenvalue weighted by atomic mass is 10.0. The highest BCUT2D eigenvalue weighted by molar-refractivity contribution is 7.92. The minimum Gasteiger partial charge on any atom is -0.352 e. The van der Waals surface area contributed by atoms with Gasteiger partial charge < -0.3 is 10.2 Å². The number of anilines is 1. The first kappa shape index (κ1) is 28.4. The van der Waals surface area contributed by atoms with Crippen molar-refractivity contribution < 1.29 is 18.0 Å². The minimum absolute atomic E-state index is 0.0843. The second kappa shape index (κ2) is 12.2. The van der Waals surface area contributed by atoms with E-state index in [2.05, 4.69) is 19.2 Å². The highest BCUT2D eigenvalue weighted by atomic mass is 32.2. The molecule has 2 rings (SSSR count). The van der Waals surface area contributed by atoms with Crippen LogP contribution < -0.4 is 9.62 Å². The van der Waals surface area contributed by atoms with Gasteiger partial charge in [-0.05, 0) is 61.9 Å². The van der Waals surface area contributed by atoms with Crippen LogP contribution >= 0.6 is 0 Å². The fourth-order valence-corrected chi connectivity index (χ4v) is 4.76. The molecule has 0 saturated heterocycles. The number of rotatable bonds is 11. The summed E-state index contributed by atoms with van der Waals surface area (Å²) in [4.78, 5) is 28.2. The van der Waals surface area contributed by atoms with Crippen LogP contribution in [-0.4, -0.2) is 50.0 Å². The number of carbonyl (C=O) groups is 2. The van der Waals surface area contributed by atoms with Gasteiger partial charge in [-0.25, -0.2) is 8.42 Å². The molecule has 0 bridgehead atoms. The molecule has 2 amide bonds. The van der Waals surface area contributed by atoms with Gasteiger partial charge in [0.1, 0.15) is 12.6 Å². The van der Waals surface area contributed by atoms with Crippen LogP contribution in [0, 0.1) is 6.92 Å². The van der Waals surface area contributed by atoms with Gasteiger partial charge in [0.15, 0.2) is 0 Å². The molecule has 0 heterocycles. The van der Waals surface area contributed by atoms with Crippen LogP contribution in [0.4, 0.5) is 5.69 Å². The molecule has 35 heavy (non-hydrogen) atoms. The Morgan fingerprint density at radius 2 is 1.57 bits per heavy atom. The van der Waals surface area contributed by atoms with Crippen molar-refractivity contribution in [1.82, 2.24) is 10.2 Å². The molecular formula is C27H39N3O4S. The summed E-state index contributed by atoms with van der Waals surface area (Å²) in [5.41, 5.74) is 3.39. The zero-order valence-corrected chi connectivity index (χ0v) is 22.7. The van der Waals surface area contributed by atoms with Gasteiger partial charge in [-0.2, -0.15) is 0 Å². The Morgan fingerprint density at radius 1 is 0.971 bits per heavy atom. The third-order valence-electron chi connectivity index (χ3n) is 5.95. The molecule has 0 aliphatic rings. The number of nitrogens with zero attached hydrogens (tertiary/aromatic N) is 2. The summed E-state index contributed by atoms with van der Waals surface area (Å²) in [5.74, 6) is -0.388. The van der Waals surface area contributed by atoms with Crippen LogP contribution in [0.25, 0.3) is 0 Å². The number of hydrogen-bond acceptors (Lipinski definition) is 4. The Morgan fingerprint density at radius 3 is 2.06 bits per heavy atom. The van der Waals surface area contributed by atoms with Gasteiger partial charge in [0.2, 0.25) is 21.8 Å². The van der Waals surface area contributed by atoms with E-state index in [1.165, 1.54) is 4.90 Å². The molecule has 0 radical (unpaired) electrons. The van der Waals surface area contributed by atoms with E-state index in [9.17, 15) is 18.0 Å². The molecule has 1 atom stereocenters. The second-order valence-electron chi connectivity index (χ2n) is 9.55. The fourth-order valence-electron chi connectivity index (χ4n) is 3.91. The second-order valence-corrected chi connectivity index (χ2v) is 11.5. The maximum atomic E-state index is 13.7. The number of carbonyl (C=O) groups excluding carboxylic acids is 2. The molecule has 0 unspecified atom stereocenters. The lowest BCUT2D eigenvalue weighted by Crippen LogP contribution is -2.53. The molecule has 0 aliphatic heterocycles. The third-order valence-corrected chi connectivity index (χ3v) is 7.09. The van der Waals surface area contributed by atoms with Crippen molar-refractivity contribution in [2.24, 2.45) is 0 Å². The van der Waals surface area contributed by atoms with Crippen molar-refractivity contribution in [2.45, 2.75) is 72.5 Å².